The lowest BCUT2D eigenvalue weighted by molar-refractivity contribution is -0.130. The van der Waals surface area contributed by atoms with Crippen molar-refractivity contribution < 1.29 is 4.79 Å². The van der Waals surface area contributed by atoms with Crippen molar-refractivity contribution in [2.75, 3.05) is 39.3 Å². The molecule has 2 heterocycles. The molecule has 1 aromatic heterocycles. The fourth-order valence-corrected chi connectivity index (χ4v) is 2.59. The number of hydrogen-bond donors (Lipinski definition) is 1. The van der Waals surface area contributed by atoms with Crippen LogP contribution in [0.4, 0.5) is 0 Å². The van der Waals surface area contributed by atoms with Crippen LogP contribution in [0.5, 0.6) is 0 Å². The van der Waals surface area contributed by atoms with Crippen molar-refractivity contribution in [1.82, 2.24) is 29.9 Å². The number of carbonyl (C=O) groups is 1. The molecule has 0 radical (unpaired) electrons. The van der Waals surface area contributed by atoms with Gasteiger partial charge in [0.05, 0.1) is 0 Å². The zero-order valence-electron chi connectivity index (χ0n) is 14.5. The van der Waals surface area contributed by atoms with Crippen LogP contribution < -0.4 is 5.32 Å². The number of aryl methyl sites for hydroxylation is 1. The largest absolute Gasteiger partial charge is 0.357 e. The summed E-state index contributed by atoms with van der Waals surface area (Å²) >= 11 is 0. The summed E-state index contributed by atoms with van der Waals surface area (Å²) in [6.45, 7) is 9.51. The number of piperazine rings is 1. The van der Waals surface area contributed by atoms with Crippen LogP contribution in [-0.4, -0.2) is 75.7 Å². The number of rotatable bonds is 6. The number of aromatic nitrogens is 3. The highest BCUT2D eigenvalue weighted by Gasteiger charge is 2.20. The second-order valence-electron chi connectivity index (χ2n) is 5.64. The maximum atomic E-state index is 11.4. The minimum absolute atomic E-state index is 0. The number of nitrogens with zero attached hydrogens (tertiary/aromatic N) is 6. The summed E-state index contributed by atoms with van der Waals surface area (Å²) in [6, 6.07) is 0. The summed E-state index contributed by atoms with van der Waals surface area (Å²) < 4.78 is 1.98. The maximum Gasteiger partial charge on any atom is 0.219 e. The molecule has 0 spiro atoms. The normalized spacial score (nSPS) is 15.2. The van der Waals surface area contributed by atoms with Gasteiger partial charge in [-0.15, -0.1) is 34.2 Å². The van der Waals surface area contributed by atoms with Crippen LogP contribution in [0, 0.1) is 0 Å². The molecule has 1 amide bonds. The predicted octanol–water partition coefficient (Wildman–Crippen LogP) is 0.806. The first-order valence-corrected chi connectivity index (χ1v) is 8.32. The molecule has 1 aliphatic rings. The topological polar surface area (TPSA) is 78.7 Å². The van der Waals surface area contributed by atoms with Crippen molar-refractivity contribution in [3.8, 4) is 0 Å². The number of halogens is 1. The lowest BCUT2D eigenvalue weighted by atomic mass is 10.3. The minimum atomic E-state index is 0. The third-order valence-electron chi connectivity index (χ3n) is 3.91. The van der Waals surface area contributed by atoms with E-state index in [1.54, 1.807) is 19.6 Å². The zero-order valence-corrected chi connectivity index (χ0v) is 16.8. The SMILES string of the molecule is CCNC(=NCCCCn1cnnc1)N1CCN(C(C)=O)CC1.I. The molecule has 1 aliphatic heterocycles. The molecule has 1 saturated heterocycles. The molecular weight excluding hydrogens is 421 g/mol. The summed E-state index contributed by atoms with van der Waals surface area (Å²) in [5.41, 5.74) is 0. The second-order valence-corrected chi connectivity index (χ2v) is 5.64. The molecule has 0 bridgehead atoms. The van der Waals surface area contributed by atoms with Crippen molar-refractivity contribution in [3.05, 3.63) is 12.7 Å². The van der Waals surface area contributed by atoms with Gasteiger partial charge in [-0.3, -0.25) is 9.79 Å². The Balaban J connectivity index is 0.00000288. The number of amides is 1. The summed E-state index contributed by atoms with van der Waals surface area (Å²) in [5.74, 6) is 1.11. The van der Waals surface area contributed by atoms with E-state index in [-0.39, 0.29) is 29.9 Å². The Hall–Kier alpha value is -1.39. The van der Waals surface area contributed by atoms with Gasteiger partial charge in [-0.05, 0) is 19.8 Å². The highest BCUT2D eigenvalue weighted by Crippen LogP contribution is 2.03. The summed E-state index contributed by atoms with van der Waals surface area (Å²) in [4.78, 5) is 20.2. The summed E-state index contributed by atoms with van der Waals surface area (Å²) in [7, 11) is 0. The van der Waals surface area contributed by atoms with Crippen molar-refractivity contribution in [1.29, 1.82) is 0 Å². The highest BCUT2D eigenvalue weighted by atomic mass is 127. The van der Waals surface area contributed by atoms with Crippen molar-refractivity contribution in [3.63, 3.8) is 0 Å². The fourth-order valence-electron chi connectivity index (χ4n) is 2.59. The second kappa shape index (κ2) is 11.2. The van der Waals surface area contributed by atoms with Gasteiger partial charge < -0.3 is 19.7 Å². The van der Waals surface area contributed by atoms with E-state index >= 15 is 0 Å². The van der Waals surface area contributed by atoms with Gasteiger partial charge in [0.15, 0.2) is 5.96 Å². The molecular formula is C15H28IN7O. The summed E-state index contributed by atoms with van der Waals surface area (Å²) in [6.07, 6.45) is 5.56. The Morgan fingerprint density at radius 3 is 2.33 bits per heavy atom. The number of guanidine groups is 1. The number of carbonyl (C=O) groups excluding carboxylic acids is 1. The van der Waals surface area contributed by atoms with Crippen LogP contribution in [0.2, 0.25) is 0 Å². The maximum absolute atomic E-state index is 11.4. The van der Waals surface area contributed by atoms with Gasteiger partial charge in [0.2, 0.25) is 5.91 Å². The average molecular weight is 449 g/mol. The lowest BCUT2D eigenvalue weighted by Crippen LogP contribution is -2.53. The first-order chi connectivity index (χ1) is 11.2. The lowest BCUT2D eigenvalue weighted by Gasteiger charge is -2.36. The Labute approximate surface area is 160 Å². The molecule has 0 aliphatic carbocycles. The van der Waals surface area contributed by atoms with Crippen LogP contribution in [0.15, 0.2) is 17.6 Å². The third-order valence-corrected chi connectivity index (χ3v) is 3.91. The molecule has 9 heteroatoms. The Morgan fingerprint density at radius 1 is 1.12 bits per heavy atom. The van der Waals surface area contributed by atoms with E-state index in [1.807, 2.05) is 9.47 Å². The van der Waals surface area contributed by atoms with Crippen LogP contribution in [0.3, 0.4) is 0 Å². The monoisotopic (exact) mass is 449 g/mol. The molecule has 0 aromatic carbocycles. The van der Waals surface area contributed by atoms with Crippen LogP contribution in [0.1, 0.15) is 26.7 Å². The molecule has 2 rings (SSSR count). The van der Waals surface area contributed by atoms with E-state index in [9.17, 15) is 4.79 Å². The molecule has 1 N–H and O–H groups in total. The van der Waals surface area contributed by atoms with Crippen molar-refractivity contribution in [2.45, 2.75) is 33.2 Å². The van der Waals surface area contributed by atoms with E-state index in [0.29, 0.717) is 0 Å². The van der Waals surface area contributed by atoms with E-state index < -0.39 is 0 Å². The smallest absolute Gasteiger partial charge is 0.219 e. The van der Waals surface area contributed by atoms with Gasteiger partial charge in [0, 0.05) is 52.7 Å². The summed E-state index contributed by atoms with van der Waals surface area (Å²) in [5, 5.41) is 10.9. The van der Waals surface area contributed by atoms with Gasteiger partial charge in [-0.2, -0.15) is 0 Å². The van der Waals surface area contributed by atoms with Crippen molar-refractivity contribution in [2.24, 2.45) is 4.99 Å². The number of hydrogen-bond acceptors (Lipinski definition) is 4. The molecule has 8 nitrogen and oxygen atoms in total. The molecule has 1 aromatic rings. The van der Waals surface area contributed by atoms with Crippen LogP contribution in [-0.2, 0) is 11.3 Å². The van der Waals surface area contributed by atoms with Gasteiger partial charge in [0.25, 0.3) is 0 Å². The zero-order chi connectivity index (χ0) is 16.5. The first kappa shape index (κ1) is 20.7. The number of aliphatic imine (C=N–C) groups is 1. The molecule has 1 fully saturated rings. The Bertz CT molecular complexity index is 498. The molecule has 0 unspecified atom stereocenters. The molecule has 136 valence electrons. The molecule has 0 saturated carbocycles. The van der Waals surface area contributed by atoms with E-state index in [0.717, 1.165) is 64.6 Å². The number of nitrogens with one attached hydrogen (secondary N) is 1. The predicted molar refractivity (Wildman–Crippen MR) is 104 cm³/mol. The molecule has 0 atom stereocenters. The minimum Gasteiger partial charge on any atom is -0.357 e. The van der Waals surface area contributed by atoms with Crippen LogP contribution >= 0.6 is 24.0 Å². The first-order valence-electron chi connectivity index (χ1n) is 8.32. The Kier molecular flexibility index (Phi) is 9.65. The van der Waals surface area contributed by atoms with Crippen molar-refractivity contribution >= 4 is 35.8 Å². The van der Waals surface area contributed by atoms with E-state index in [4.69, 9.17) is 4.99 Å². The van der Waals surface area contributed by atoms with E-state index in [1.165, 1.54) is 0 Å². The van der Waals surface area contributed by atoms with Gasteiger partial charge in [-0.1, -0.05) is 0 Å². The molecule has 24 heavy (non-hydrogen) atoms. The third kappa shape index (κ3) is 6.62. The fraction of sp³-hybridized carbons (Fsp3) is 0.733. The average Bonchev–Trinajstić information content (AvgIpc) is 3.07. The van der Waals surface area contributed by atoms with Gasteiger partial charge in [0.1, 0.15) is 12.7 Å². The highest BCUT2D eigenvalue weighted by molar-refractivity contribution is 14.0. The quantitative estimate of drug-likeness (QED) is 0.301. The van der Waals surface area contributed by atoms with Gasteiger partial charge >= 0.3 is 0 Å². The van der Waals surface area contributed by atoms with Crippen LogP contribution in [0.25, 0.3) is 0 Å². The Morgan fingerprint density at radius 2 is 1.75 bits per heavy atom. The standard InChI is InChI=1S/C15H27N7O.HI/c1-3-16-15(22-10-8-21(9-11-22)14(2)23)17-6-4-5-7-20-12-18-19-13-20;/h12-13H,3-11H2,1-2H3,(H,16,17);1H. The van der Waals surface area contributed by atoms with E-state index in [2.05, 4.69) is 27.3 Å². The number of unbranched alkanes of at least 4 members (excludes halogenated alkanes) is 1. The van der Waals surface area contributed by atoms with Gasteiger partial charge in [-0.25, -0.2) is 0 Å².